The lowest BCUT2D eigenvalue weighted by atomic mass is 10.0. The zero-order valence-electron chi connectivity index (χ0n) is 9.19. The van der Waals surface area contributed by atoms with Crippen molar-refractivity contribution in [3.05, 3.63) is 12.2 Å². The smallest absolute Gasteiger partial charge is 0.220 e. The largest absolute Gasteiger partial charge is 0.352 e. The summed E-state index contributed by atoms with van der Waals surface area (Å²) < 4.78 is 22.4. The van der Waals surface area contributed by atoms with E-state index in [0.717, 1.165) is 12.8 Å². The highest BCUT2D eigenvalue weighted by Crippen LogP contribution is 2.20. The van der Waals surface area contributed by atoms with Crippen LogP contribution >= 0.6 is 0 Å². The minimum Gasteiger partial charge on any atom is -0.352 e. The zero-order chi connectivity index (χ0) is 11.6. The Balaban J connectivity index is 1.77. The maximum absolute atomic E-state index is 11.6. The second-order valence-corrected chi connectivity index (χ2v) is 6.87. The molecule has 0 saturated carbocycles. The SMILES string of the molecule is O=C(CC1C=CCC1)NC1CCS(=O)(=O)C1. The fraction of sp³-hybridized carbons (Fsp3) is 0.727. The van der Waals surface area contributed by atoms with Gasteiger partial charge in [-0.25, -0.2) is 8.42 Å². The van der Waals surface area contributed by atoms with Crippen molar-refractivity contribution in [2.75, 3.05) is 11.5 Å². The minimum absolute atomic E-state index is 0.0151. The van der Waals surface area contributed by atoms with Gasteiger partial charge in [-0.15, -0.1) is 0 Å². The summed E-state index contributed by atoms with van der Waals surface area (Å²) in [6.07, 6.45) is 7.32. The molecular weight excluding hydrogens is 226 g/mol. The Labute approximate surface area is 96.0 Å². The van der Waals surface area contributed by atoms with Gasteiger partial charge >= 0.3 is 0 Å². The number of hydrogen-bond donors (Lipinski definition) is 1. The van der Waals surface area contributed by atoms with E-state index in [-0.39, 0.29) is 23.5 Å². The van der Waals surface area contributed by atoms with E-state index in [1.807, 2.05) is 0 Å². The summed E-state index contributed by atoms with van der Waals surface area (Å²) in [4.78, 5) is 11.6. The Bertz CT molecular complexity index is 399. The van der Waals surface area contributed by atoms with Crippen LogP contribution in [0.15, 0.2) is 12.2 Å². The van der Waals surface area contributed by atoms with Gasteiger partial charge in [0.25, 0.3) is 0 Å². The van der Waals surface area contributed by atoms with E-state index >= 15 is 0 Å². The fourth-order valence-electron chi connectivity index (χ4n) is 2.30. The van der Waals surface area contributed by atoms with Crippen LogP contribution in [0.4, 0.5) is 0 Å². The molecule has 0 aromatic rings. The average Bonchev–Trinajstić information content (AvgIpc) is 2.76. The minimum atomic E-state index is -2.90. The molecule has 16 heavy (non-hydrogen) atoms. The van der Waals surface area contributed by atoms with Crippen LogP contribution in [0.3, 0.4) is 0 Å². The number of rotatable bonds is 3. The predicted octanol–water partition coefficient (Wildman–Crippen LogP) is 0.646. The summed E-state index contributed by atoms with van der Waals surface area (Å²) in [7, 11) is -2.90. The Morgan fingerprint density at radius 3 is 2.75 bits per heavy atom. The van der Waals surface area contributed by atoms with Gasteiger partial charge in [0.15, 0.2) is 9.84 Å². The lowest BCUT2D eigenvalue weighted by molar-refractivity contribution is -0.122. The first-order chi connectivity index (χ1) is 7.55. The first-order valence-corrected chi connectivity index (χ1v) is 7.54. The molecule has 2 aliphatic rings. The first-order valence-electron chi connectivity index (χ1n) is 5.71. The third-order valence-electron chi connectivity index (χ3n) is 3.16. The maximum Gasteiger partial charge on any atom is 0.220 e. The molecule has 0 radical (unpaired) electrons. The van der Waals surface area contributed by atoms with Crippen molar-refractivity contribution in [2.45, 2.75) is 31.7 Å². The molecule has 2 unspecified atom stereocenters. The highest BCUT2D eigenvalue weighted by molar-refractivity contribution is 7.91. The van der Waals surface area contributed by atoms with Gasteiger partial charge in [0.1, 0.15) is 0 Å². The van der Waals surface area contributed by atoms with Crippen molar-refractivity contribution >= 4 is 15.7 Å². The van der Waals surface area contributed by atoms with Crippen molar-refractivity contribution in [2.24, 2.45) is 5.92 Å². The van der Waals surface area contributed by atoms with E-state index in [0.29, 0.717) is 18.8 Å². The van der Waals surface area contributed by atoms with Crippen molar-refractivity contribution in [3.63, 3.8) is 0 Å². The molecule has 0 spiro atoms. The lowest BCUT2D eigenvalue weighted by Crippen LogP contribution is -2.36. The summed E-state index contributed by atoms with van der Waals surface area (Å²) in [5, 5.41) is 2.81. The summed E-state index contributed by atoms with van der Waals surface area (Å²) in [6, 6.07) is -0.164. The number of allylic oxidation sites excluding steroid dienone is 2. The molecule has 1 N–H and O–H groups in total. The number of nitrogens with one attached hydrogen (secondary N) is 1. The van der Waals surface area contributed by atoms with E-state index in [1.54, 1.807) is 0 Å². The van der Waals surface area contributed by atoms with Gasteiger partial charge in [-0.2, -0.15) is 0 Å². The monoisotopic (exact) mass is 243 g/mol. The first kappa shape index (κ1) is 11.6. The van der Waals surface area contributed by atoms with E-state index < -0.39 is 9.84 Å². The molecule has 0 bridgehead atoms. The third kappa shape index (κ3) is 3.07. The standard InChI is InChI=1S/C11H17NO3S/c13-11(7-9-3-1-2-4-9)12-10-5-6-16(14,15)8-10/h1,3,9-10H,2,4-8H2,(H,12,13). The van der Waals surface area contributed by atoms with Crippen molar-refractivity contribution < 1.29 is 13.2 Å². The molecule has 0 aromatic carbocycles. The molecule has 1 aliphatic carbocycles. The van der Waals surface area contributed by atoms with Crippen LogP contribution in [-0.2, 0) is 14.6 Å². The van der Waals surface area contributed by atoms with Crippen LogP contribution < -0.4 is 5.32 Å². The number of sulfone groups is 1. The quantitative estimate of drug-likeness (QED) is 0.740. The number of carbonyl (C=O) groups excluding carboxylic acids is 1. The van der Waals surface area contributed by atoms with Crippen molar-refractivity contribution in [1.29, 1.82) is 0 Å². The molecule has 1 amide bonds. The third-order valence-corrected chi connectivity index (χ3v) is 4.93. The molecule has 1 heterocycles. The highest BCUT2D eigenvalue weighted by Gasteiger charge is 2.29. The molecule has 1 fully saturated rings. The maximum atomic E-state index is 11.6. The summed E-state index contributed by atoms with van der Waals surface area (Å²) >= 11 is 0. The normalized spacial score (nSPS) is 31.8. The molecule has 90 valence electrons. The molecule has 2 rings (SSSR count). The topological polar surface area (TPSA) is 63.2 Å². The molecule has 1 aliphatic heterocycles. The van der Waals surface area contributed by atoms with Gasteiger partial charge in [0.05, 0.1) is 11.5 Å². The molecule has 2 atom stereocenters. The fourth-order valence-corrected chi connectivity index (χ4v) is 3.97. The van der Waals surface area contributed by atoms with Gasteiger partial charge in [-0.05, 0) is 25.2 Å². The second kappa shape index (κ2) is 4.57. The van der Waals surface area contributed by atoms with Crippen LogP contribution in [0.5, 0.6) is 0 Å². The Hall–Kier alpha value is -0.840. The van der Waals surface area contributed by atoms with Gasteiger partial charge < -0.3 is 5.32 Å². The summed E-state index contributed by atoms with van der Waals surface area (Å²) in [5.41, 5.74) is 0. The highest BCUT2D eigenvalue weighted by atomic mass is 32.2. The Morgan fingerprint density at radius 2 is 2.19 bits per heavy atom. The van der Waals surface area contributed by atoms with Crippen LogP contribution in [0.25, 0.3) is 0 Å². The Kier molecular flexibility index (Phi) is 3.33. The molecule has 5 heteroatoms. The number of amides is 1. The van der Waals surface area contributed by atoms with E-state index in [4.69, 9.17) is 0 Å². The van der Waals surface area contributed by atoms with E-state index in [9.17, 15) is 13.2 Å². The van der Waals surface area contributed by atoms with Crippen LogP contribution in [0.1, 0.15) is 25.7 Å². The van der Waals surface area contributed by atoms with Crippen molar-refractivity contribution in [3.8, 4) is 0 Å². The average molecular weight is 243 g/mol. The molecule has 4 nitrogen and oxygen atoms in total. The lowest BCUT2D eigenvalue weighted by Gasteiger charge is -2.12. The predicted molar refractivity (Wildman–Crippen MR) is 61.7 cm³/mol. The number of carbonyl (C=O) groups is 1. The van der Waals surface area contributed by atoms with Gasteiger partial charge in [0, 0.05) is 12.5 Å². The Morgan fingerprint density at radius 1 is 1.38 bits per heavy atom. The van der Waals surface area contributed by atoms with Crippen LogP contribution in [-0.4, -0.2) is 31.9 Å². The van der Waals surface area contributed by atoms with Gasteiger partial charge in [-0.1, -0.05) is 12.2 Å². The number of hydrogen-bond acceptors (Lipinski definition) is 3. The zero-order valence-corrected chi connectivity index (χ0v) is 10.0. The van der Waals surface area contributed by atoms with Crippen LogP contribution in [0, 0.1) is 5.92 Å². The van der Waals surface area contributed by atoms with Crippen molar-refractivity contribution in [1.82, 2.24) is 5.32 Å². The van der Waals surface area contributed by atoms with Gasteiger partial charge in [0.2, 0.25) is 5.91 Å². The summed E-state index contributed by atoms with van der Waals surface area (Å²) in [6.45, 7) is 0. The second-order valence-electron chi connectivity index (χ2n) is 4.64. The van der Waals surface area contributed by atoms with E-state index in [1.165, 1.54) is 0 Å². The van der Waals surface area contributed by atoms with Gasteiger partial charge in [-0.3, -0.25) is 4.79 Å². The molecule has 1 saturated heterocycles. The van der Waals surface area contributed by atoms with E-state index in [2.05, 4.69) is 17.5 Å². The van der Waals surface area contributed by atoms with Crippen LogP contribution in [0.2, 0.25) is 0 Å². The molecular formula is C11H17NO3S. The molecule has 0 aromatic heterocycles. The summed E-state index contributed by atoms with van der Waals surface area (Å²) in [5.74, 6) is 0.650.